The third kappa shape index (κ3) is 1.68. The summed E-state index contributed by atoms with van der Waals surface area (Å²) in [7, 11) is 0. The maximum atomic E-state index is 5.86. The molecular weight excluding hydrogens is 246 g/mol. The van der Waals surface area contributed by atoms with Gasteiger partial charge in [-0.1, -0.05) is 42.0 Å². The second-order valence-corrected chi connectivity index (χ2v) is 5.25. The van der Waals surface area contributed by atoms with Gasteiger partial charge in [0.1, 0.15) is 5.75 Å². The number of nitrogens with zero attached hydrogens (tertiary/aromatic N) is 1. The predicted molar refractivity (Wildman–Crippen MR) is 81.1 cm³/mol. The molecule has 2 nitrogen and oxygen atoms in total. The van der Waals surface area contributed by atoms with Gasteiger partial charge >= 0.3 is 0 Å². The van der Waals surface area contributed by atoms with E-state index in [1.165, 1.54) is 16.7 Å². The Morgan fingerprint density at radius 1 is 1.00 bits per heavy atom. The van der Waals surface area contributed by atoms with Crippen molar-refractivity contribution in [2.45, 2.75) is 13.3 Å². The van der Waals surface area contributed by atoms with Gasteiger partial charge in [-0.25, -0.2) is 4.98 Å². The molecule has 0 radical (unpaired) electrons. The van der Waals surface area contributed by atoms with Crippen LogP contribution in [0.5, 0.6) is 5.75 Å². The van der Waals surface area contributed by atoms with E-state index in [0.717, 1.165) is 35.4 Å². The highest BCUT2D eigenvalue weighted by Crippen LogP contribution is 2.38. The van der Waals surface area contributed by atoms with Gasteiger partial charge in [0.15, 0.2) is 0 Å². The van der Waals surface area contributed by atoms with E-state index in [2.05, 4.69) is 43.3 Å². The Hall–Kier alpha value is -2.35. The zero-order chi connectivity index (χ0) is 13.5. The van der Waals surface area contributed by atoms with Crippen LogP contribution in [0.25, 0.3) is 22.2 Å². The second-order valence-electron chi connectivity index (χ2n) is 5.25. The van der Waals surface area contributed by atoms with E-state index in [1.807, 2.05) is 12.1 Å². The third-order valence-electron chi connectivity index (χ3n) is 3.86. The number of ether oxygens (including phenoxy) is 1. The lowest BCUT2D eigenvalue weighted by Crippen LogP contribution is -1.92. The zero-order valence-electron chi connectivity index (χ0n) is 11.4. The number of aromatic nitrogens is 1. The summed E-state index contributed by atoms with van der Waals surface area (Å²) < 4.78 is 5.86. The number of para-hydroxylation sites is 1. The molecule has 0 atom stereocenters. The molecule has 0 aliphatic carbocycles. The first-order chi connectivity index (χ1) is 9.83. The average Bonchev–Trinajstić information content (AvgIpc) is 2.97. The lowest BCUT2D eigenvalue weighted by Gasteiger charge is -2.10. The summed E-state index contributed by atoms with van der Waals surface area (Å²) in [6.45, 7) is 2.86. The van der Waals surface area contributed by atoms with Crippen molar-refractivity contribution in [2.24, 2.45) is 0 Å². The van der Waals surface area contributed by atoms with Crippen molar-refractivity contribution in [3.63, 3.8) is 0 Å². The lowest BCUT2D eigenvalue weighted by atomic mass is 10.0. The van der Waals surface area contributed by atoms with Gasteiger partial charge in [0, 0.05) is 22.9 Å². The summed E-state index contributed by atoms with van der Waals surface area (Å²) in [4.78, 5) is 4.87. The summed E-state index contributed by atoms with van der Waals surface area (Å²) >= 11 is 0. The first-order valence-corrected chi connectivity index (χ1v) is 6.94. The Bertz CT molecular complexity index is 790. The molecule has 1 aromatic heterocycles. The highest BCUT2D eigenvalue weighted by atomic mass is 16.5. The Kier molecular flexibility index (Phi) is 2.49. The summed E-state index contributed by atoms with van der Waals surface area (Å²) in [5.41, 5.74) is 5.75. The Morgan fingerprint density at radius 3 is 2.65 bits per heavy atom. The summed E-state index contributed by atoms with van der Waals surface area (Å²) in [5.74, 6) is 1.02. The lowest BCUT2D eigenvalue weighted by molar-refractivity contribution is 0.360. The Balaban J connectivity index is 2.02. The van der Waals surface area contributed by atoms with E-state index in [4.69, 9.17) is 9.72 Å². The van der Waals surface area contributed by atoms with E-state index in [0.29, 0.717) is 0 Å². The van der Waals surface area contributed by atoms with E-state index in [1.54, 1.807) is 0 Å². The first-order valence-electron chi connectivity index (χ1n) is 6.94. The molecule has 0 spiro atoms. The van der Waals surface area contributed by atoms with E-state index in [-0.39, 0.29) is 0 Å². The van der Waals surface area contributed by atoms with Crippen LogP contribution in [0.4, 0.5) is 0 Å². The summed E-state index contributed by atoms with van der Waals surface area (Å²) in [6.07, 6.45) is 0.941. The van der Waals surface area contributed by atoms with E-state index >= 15 is 0 Å². The van der Waals surface area contributed by atoms with Crippen LogP contribution in [0.15, 0.2) is 48.5 Å². The van der Waals surface area contributed by atoms with Crippen LogP contribution in [-0.4, -0.2) is 11.6 Å². The number of benzene rings is 2. The monoisotopic (exact) mass is 261 g/mol. The molecule has 2 heterocycles. The molecule has 0 saturated heterocycles. The summed E-state index contributed by atoms with van der Waals surface area (Å²) in [6, 6.07) is 16.8. The van der Waals surface area contributed by atoms with Gasteiger partial charge in [0.2, 0.25) is 0 Å². The molecule has 1 aliphatic rings. The maximum absolute atomic E-state index is 5.86. The van der Waals surface area contributed by atoms with Gasteiger partial charge in [-0.15, -0.1) is 0 Å². The molecular formula is C18H15NO. The van der Waals surface area contributed by atoms with Crippen molar-refractivity contribution in [3.05, 3.63) is 59.7 Å². The standard InChI is InChI=1S/C18H15NO/c1-12-6-8-13(9-7-12)17-15-10-11-20-18(15)14-4-2-3-5-16(14)19-17/h2-9H,10-11H2,1H3. The largest absolute Gasteiger partial charge is 0.492 e. The number of fused-ring (bicyclic) bond motifs is 3. The SMILES string of the molecule is Cc1ccc(-c2nc3ccccc3c3c2CCO3)cc1. The van der Waals surface area contributed by atoms with Gasteiger partial charge in [0.25, 0.3) is 0 Å². The van der Waals surface area contributed by atoms with Crippen LogP contribution in [0.3, 0.4) is 0 Å². The normalized spacial score (nSPS) is 13.2. The van der Waals surface area contributed by atoms with Gasteiger partial charge in [-0.3, -0.25) is 0 Å². The number of hydrogen-bond acceptors (Lipinski definition) is 2. The van der Waals surface area contributed by atoms with E-state index in [9.17, 15) is 0 Å². The smallest absolute Gasteiger partial charge is 0.134 e. The van der Waals surface area contributed by atoms with Crippen molar-refractivity contribution in [3.8, 4) is 17.0 Å². The topological polar surface area (TPSA) is 22.1 Å². The molecule has 3 aromatic rings. The fraction of sp³-hybridized carbons (Fsp3) is 0.167. The second kappa shape index (κ2) is 4.34. The average molecular weight is 261 g/mol. The molecule has 0 unspecified atom stereocenters. The summed E-state index contributed by atoms with van der Waals surface area (Å²) in [5, 5.41) is 1.12. The molecule has 0 N–H and O–H groups in total. The number of pyridine rings is 1. The van der Waals surface area contributed by atoms with Crippen molar-refractivity contribution >= 4 is 10.9 Å². The molecule has 0 bridgehead atoms. The van der Waals surface area contributed by atoms with Gasteiger partial charge in [-0.05, 0) is 19.1 Å². The molecule has 0 amide bonds. The predicted octanol–water partition coefficient (Wildman–Crippen LogP) is 4.15. The maximum Gasteiger partial charge on any atom is 0.134 e. The number of hydrogen-bond donors (Lipinski definition) is 0. The molecule has 1 aliphatic heterocycles. The highest BCUT2D eigenvalue weighted by molar-refractivity contribution is 5.90. The van der Waals surface area contributed by atoms with Crippen LogP contribution in [0, 0.1) is 6.92 Å². The quantitative estimate of drug-likeness (QED) is 0.656. The fourth-order valence-corrected chi connectivity index (χ4v) is 2.82. The van der Waals surface area contributed by atoms with Crippen molar-refractivity contribution in [1.29, 1.82) is 0 Å². The van der Waals surface area contributed by atoms with Gasteiger partial charge < -0.3 is 4.74 Å². The fourth-order valence-electron chi connectivity index (χ4n) is 2.82. The van der Waals surface area contributed by atoms with Gasteiger partial charge in [-0.2, -0.15) is 0 Å². The van der Waals surface area contributed by atoms with Crippen LogP contribution in [-0.2, 0) is 6.42 Å². The molecule has 0 fully saturated rings. The van der Waals surface area contributed by atoms with Crippen molar-refractivity contribution in [1.82, 2.24) is 4.98 Å². The minimum Gasteiger partial charge on any atom is -0.492 e. The molecule has 98 valence electrons. The minimum atomic E-state index is 0.754. The third-order valence-corrected chi connectivity index (χ3v) is 3.86. The zero-order valence-corrected chi connectivity index (χ0v) is 11.4. The number of aryl methyl sites for hydroxylation is 1. The van der Waals surface area contributed by atoms with Crippen LogP contribution >= 0.6 is 0 Å². The molecule has 4 rings (SSSR count). The van der Waals surface area contributed by atoms with Crippen LogP contribution in [0.2, 0.25) is 0 Å². The Labute approximate surface area is 118 Å². The molecule has 2 aromatic carbocycles. The van der Waals surface area contributed by atoms with Crippen molar-refractivity contribution in [2.75, 3.05) is 6.61 Å². The van der Waals surface area contributed by atoms with Crippen LogP contribution in [0.1, 0.15) is 11.1 Å². The minimum absolute atomic E-state index is 0.754. The molecule has 2 heteroatoms. The van der Waals surface area contributed by atoms with E-state index < -0.39 is 0 Å². The molecule has 0 saturated carbocycles. The van der Waals surface area contributed by atoms with Crippen molar-refractivity contribution < 1.29 is 4.74 Å². The first kappa shape index (κ1) is 11.5. The highest BCUT2D eigenvalue weighted by Gasteiger charge is 2.21. The number of rotatable bonds is 1. The Morgan fingerprint density at radius 2 is 1.80 bits per heavy atom. The van der Waals surface area contributed by atoms with Crippen LogP contribution < -0.4 is 4.74 Å². The van der Waals surface area contributed by atoms with Gasteiger partial charge in [0.05, 0.1) is 17.8 Å². The molecule has 20 heavy (non-hydrogen) atoms.